The largest absolute Gasteiger partial charge is 1.00 e. The molecule has 0 saturated carbocycles. The van der Waals surface area contributed by atoms with E-state index in [4.69, 9.17) is 0 Å². The van der Waals surface area contributed by atoms with Gasteiger partial charge in [-0.15, -0.1) is 0 Å². The first-order chi connectivity index (χ1) is 21.1. The molecule has 2 unspecified atom stereocenters. The van der Waals surface area contributed by atoms with Crippen LogP contribution in [0.15, 0.2) is 71.8 Å². The van der Waals surface area contributed by atoms with E-state index in [1.807, 2.05) is 0 Å². The second-order valence-corrected chi connectivity index (χ2v) is 21.7. The molecule has 0 radical (unpaired) electrons. The molecule has 1 heterocycles. The Morgan fingerprint density at radius 1 is 0.723 bits per heavy atom. The number of hydrogen-bond acceptors (Lipinski definition) is 0. The van der Waals surface area contributed by atoms with Crippen molar-refractivity contribution in [3.05, 3.63) is 122 Å². The van der Waals surface area contributed by atoms with Crippen molar-refractivity contribution in [3.8, 4) is 22.3 Å². The molecule has 0 saturated heterocycles. The smallest absolute Gasteiger partial charge is 1.00 e. The van der Waals surface area contributed by atoms with Crippen LogP contribution in [0.25, 0.3) is 33.5 Å². The molecule has 47 heavy (non-hydrogen) atoms. The molecular formula is C43H47Cl2SiZr. The Balaban J connectivity index is 0.00000217. The van der Waals surface area contributed by atoms with Crippen molar-refractivity contribution in [2.75, 3.05) is 0 Å². The Labute approximate surface area is 312 Å². The van der Waals surface area contributed by atoms with Gasteiger partial charge in [0.15, 0.2) is 0 Å². The summed E-state index contributed by atoms with van der Waals surface area (Å²) < 4.78 is 0.558. The summed E-state index contributed by atoms with van der Waals surface area (Å²) in [6.07, 6.45) is 2.52. The number of fused-ring (bicyclic) bond motifs is 2. The Morgan fingerprint density at radius 3 is 1.98 bits per heavy atom. The van der Waals surface area contributed by atoms with Crippen LogP contribution < -0.4 is 30.0 Å². The van der Waals surface area contributed by atoms with Crippen molar-refractivity contribution in [3.63, 3.8) is 0 Å². The van der Waals surface area contributed by atoms with Crippen LogP contribution in [-0.4, -0.2) is 8.07 Å². The van der Waals surface area contributed by atoms with E-state index in [9.17, 15) is 0 Å². The first-order valence-electron chi connectivity index (χ1n) is 16.8. The number of rotatable bonds is 4. The topological polar surface area (TPSA) is 0 Å². The van der Waals surface area contributed by atoms with Crippen molar-refractivity contribution in [1.82, 2.24) is 0 Å². The molecule has 241 valence electrons. The van der Waals surface area contributed by atoms with Gasteiger partial charge in [0.25, 0.3) is 0 Å². The average molecular weight is 754 g/mol. The molecule has 0 fully saturated rings. The zero-order chi connectivity index (χ0) is 32.3. The maximum Gasteiger partial charge on any atom is -1.00 e. The molecule has 1 aliphatic heterocycles. The fourth-order valence-electron chi connectivity index (χ4n) is 8.87. The molecule has 4 heteroatoms. The Morgan fingerprint density at radius 2 is 1.36 bits per heavy atom. The van der Waals surface area contributed by atoms with Crippen LogP contribution >= 0.6 is 0 Å². The summed E-state index contributed by atoms with van der Waals surface area (Å²) in [6.45, 7) is 26.3. The molecule has 0 nitrogen and oxygen atoms in total. The summed E-state index contributed by atoms with van der Waals surface area (Å²) in [5.41, 5.74) is 22.3. The third-order valence-electron chi connectivity index (χ3n) is 10.9. The van der Waals surface area contributed by atoms with Crippen molar-refractivity contribution >= 4 is 24.5 Å². The minimum absolute atomic E-state index is 0. The van der Waals surface area contributed by atoms with Crippen molar-refractivity contribution in [1.29, 1.82) is 0 Å². The van der Waals surface area contributed by atoms with Crippen LogP contribution in [0.2, 0.25) is 13.1 Å². The molecule has 0 aromatic heterocycles. The van der Waals surface area contributed by atoms with Crippen molar-refractivity contribution < 1.29 is 49.5 Å². The monoisotopic (exact) mass is 751 g/mol. The van der Waals surface area contributed by atoms with E-state index in [0.717, 1.165) is 0 Å². The number of allylic oxidation sites excluding steroid dienone is 2. The molecule has 0 amide bonds. The third-order valence-corrected chi connectivity index (χ3v) is 16.1. The molecule has 7 rings (SSSR count). The summed E-state index contributed by atoms with van der Waals surface area (Å²) in [5.74, 6) is 0.882. The van der Waals surface area contributed by atoms with E-state index < -0.39 is 8.07 Å². The van der Waals surface area contributed by atoms with Gasteiger partial charge in [-0.2, -0.15) is 0 Å². The van der Waals surface area contributed by atoms with E-state index in [-0.39, 0.29) is 30.2 Å². The summed E-state index contributed by atoms with van der Waals surface area (Å²) in [6, 6.07) is 24.2. The maximum atomic E-state index is 2.70. The molecule has 4 aromatic carbocycles. The van der Waals surface area contributed by atoms with Gasteiger partial charge in [-0.05, 0) is 0 Å². The van der Waals surface area contributed by atoms with Gasteiger partial charge in [0.1, 0.15) is 0 Å². The van der Waals surface area contributed by atoms with Gasteiger partial charge in [0.05, 0.1) is 0 Å². The van der Waals surface area contributed by atoms with E-state index >= 15 is 0 Å². The Kier molecular flexibility index (Phi) is 9.60. The normalized spacial score (nSPS) is 18.7. The van der Waals surface area contributed by atoms with Gasteiger partial charge in [-0.1, -0.05) is 0 Å². The van der Waals surface area contributed by atoms with Gasteiger partial charge in [-0.25, -0.2) is 0 Å². The first-order valence-corrected chi connectivity index (χ1v) is 21.2. The van der Waals surface area contributed by atoms with Gasteiger partial charge in [0, 0.05) is 0 Å². The van der Waals surface area contributed by atoms with E-state index in [1.54, 1.807) is 62.9 Å². The Hall–Kier alpha value is -1.96. The van der Waals surface area contributed by atoms with Gasteiger partial charge < -0.3 is 24.8 Å². The molecule has 2 bridgehead atoms. The van der Waals surface area contributed by atoms with Gasteiger partial charge in [-0.3, -0.25) is 0 Å². The quantitative estimate of drug-likeness (QED) is 0.249. The second kappa shape index (κ2) is 12.4. The predicted octanol–water partition coefficient (Wildman–Crippen LogP) is 5.28. The van der Waals surface area contributed by atoms with Gasteiger partial charge >= 0.3 is 290 Å². The van der Waals surface area contributed by atoms with Crippen LogP contribution in [0.1, 0.15) is 101 Å². The molecule has 3 aliphatic rings. The Bertz CT molecular complexity index is 1990. The zero-order valence-electron chi connectivity index (χ0n) is 29.8. The number of aryl methyl sites for hydroxylation is 3. The number of halogens is 2. The van der Waals surface area contributed by atoms with Crippen LogP contribution in [0, 0.1) is 26.7 Å². The molecule has 2 aliphatic carbocycles. The number of benzene rings is 4. The summed E-state index contributed by atoms with van der Waals surface area (Å²) in [4.78, 5) is 0. The summed E-state index contributed by atoms with van der Waals surface area (Å²) in [7, 11) is -1.99. The maximum absolute atomic E-state index is 2.70. The van der Waals surface area contributed by atoms with E-state index in [1.165, 1.54) is 55.6 Å². The molecular weight excluding hydrogens is 707 g/mol. The fraction of sp³-hybridized carbons (Fsp3) is 0.349. The average Bonchev–Trinajstić information content (AvgIpc) is 3.51. The second-order valence-electron chi connectivity index (χ2n) is 16.0. The fourth-order valence-corrected chi connectivity index (χ4v) is 15.1. The predicted molar refractivity (Wildman–Crippen MR) is 194 cm³/mol. The first kappa shape index (κ1) is 36.3. The van der Waals surface area contributed by atoms with Crippen molar-refractivity contribution in [2.24, 2.45) is 5.92 Å². The third kappa shape index (κ3) is 5.49. The van der Waals surface area contributed by atoms with Crippen molar-refractivity contribution in [2.45, 2.75) is 90.4 Å². The molecule has 0 N–H and O–H groups in total. The minimum Gasteiger partial charge on any atom is -1.00 e. The minimum atomic E-state index is -1.99. The van der Waals surface area contributed by atoms with Crippen LogP contribution in [0.3, 0.4) is 0 Å². The van der Waals surface area contributed by atoms with Crippen LogP contribution in [0.4, 0.5) is 0 Å². The SMILES string of the molecule is CC1=Cc2c(-c3cc(C)ccc3C)cc(C)cc2C1c1cc2c3c(-c4ccc(C(C)(C)C)cc4)c1[Si](C)(C)C3=C(C(C)C)[CH]2[Zr+2].[Cl-].[Cl-]. The molecule has 4 aromatic rings. The molecule has 0 spiro atoms. The molecule has 2 atom stereocenters. The summed E-state index contributed by atoms with van der Waals surface area (Å²) >= 11 is 1.63. The van der Waals surface area contributed by atoms with Crippen LogP contribution in [0.5, 0.6) is 0 Å². The van der Waals surface area contributed by atoms with E-state index in [2.05, 4.69) is 142 Å². The van der Waals surface area contributed by atoms with Crippen LogP contribution in [-0.2, 0) is 30.1 Å². The van der Waals surface area contributed by atoms with E-state index in [0.29, 0.717) is 15.5 Å². The number of hydrogen-bond donors (Lipinski definition) is 0. The summed E-state index contributed by atoms with van der Waals surface area (Å²) in [5, 5.41) is 3.46. The van der Waals surface area contributed by atoms with Gasteiger partial charge in [0.2, 0.25) is 0 Å². The standard InChI is InChI=1S/C43H47Si.2ClH.Zr/c1-24(2)32-22-30-23-37(42-39(40(30)41(32)44(42,10)11)29-14-16-31(17-15-29)43(7,8)9)38-28(6)21-35-34(19-26(4)20-36(35)38)33-18-25(3)12-13-27(33)5;;;/h12-24,38H,1-11H3;2*1H;/q;;;+2/p-2. The zero-order valence-corrected chi connectivity index (χ0v) is 34.8.